The third kappa shape index (κ3) is 2.87. The highest BCUT2D eigenvalue weighted by atomic mass is 79.9. The molecule has 1 aliphatic carbocycles. The average molecular weight is 302 g/mol. The second kappa shape index (κ2) is 5.46. The van der Waals surface area contributed by atoms with Crippen LogP contribution in [0.25, 0.3) is 0 Å². The molecular formula is C13H17BrFNO. The summed E-state index contributed by atoms with van der Waals surface area (Å²) in [6.07, 6.45) is 2.20. The third-order valence-electron chi connectivity index (χ3n) is 3.14. The van der Waals surface area contributed by atoms with E-state index in [1.807, 2.05) is 6.92 Å². The van der Waals surface area contributed by atoms with Crippen molar-refractivity contribution in [3.05, 3.63) is 34.1 Å². The second-order valence-electron chi connectivity index (χ2n) is 4.43. The smallest absolute Gasteiger partial charge is 0.142 e. The van der Waals surface area contributed by atoms with Crippen LogP contribution in [0.15, 0.2) is 22.7 Å². The van der Waals surface area contributed by atoms with E-state index in [4.69, 9.17) is 10.5 Å². The van der Waals surface area contributed by atoms with Gasteiger partial charge < -0.3 is 10.5 Å². The first-order chi connectivity index (χ1) is 8.15. The summed E-state index contributed by atoms with van der Waals surface area (Å²) in [5.41, 5.74) is 6.68. The predicted octanol–water partition coefficient (Wildman–Crippen LogP) is 3.40. The lowest BCUT2D eigenvalue weighted by molar-refractivity contribution is 0.0275. The zero-order valence-electron chi connectivity index (χ0n) is 9.83. The summed E-state index contributed by atoms with van der Waals surface area (Å²) in [6, 6.07) is 4.83. The second-order valence-corrected chi connectivity index (χ2v) is 5.28. The van der Waals surface area contributed by atoms with Crippen LogP contribution in [-0.4, -0.2) is 12.7 Å². The summed E-state index contributed by atoms with van der Waals surface area (Å²) in [5.74, 6) is 0.216. The lowest BCUT2D eigenvalue weighted by Crippen LogP contribution is -2.31. The van der Waals surface area contributed by atoms with E-state index in [0.29, 0.717) is 22.6 Å². The van der Waals surface area contributed by atoms with E-state index in [-0.39, 0.29) is 18.0 Å². The van der Waals surface area contributed by atoms with Gasteiger partial charge in [0.2, 0.25) is 0 Å². The number of hydrogen-bond donors (Lipinski definition) is 1. The molecule has 2 unspecified atom stereocenters. The maximum absolute atomic E-state index is 14.0. The van der Waals surface area contributed by atoms with Gasteiger partial charge in [0.15, 0.2) is 0 Å². The zero-order valence-corrected chi connectivity index (χ0v) is 11.4. The molecule has 0 aliphatic heterocycles. The van der Waals surface area contributed by atoms with Crippen molar-refractivity contribution in [2.45, 2.75) is 31.9 Å². The van der Waals surface area contributed by atoms with Gasteiger partial charge in [-0.25, -0.2) is 4.39 Å². The summed E-state index contributed by atoms with van der Waals surface area (Å²) in [7, 11) is 0. The highest BCUT2D eigenvalue weighted by molar-refractivity contribution is 9.10. The van der Waals surface area contributed by atoms with Crippen molar-refractivity contribution < 1.29 is 9.13 Å². The molecular weight excluding hydrogens is 285 g/mol. The fourth-order valence-corrected chi connectivity index (χ4v) is 2.49. The molecule has 1 fully saturated rings. The first-order valence-electron chi connectivity index (χ1n) is 5.96. The van der Waals surface area contributed by atoms with Gasteiger partial charge in [0.1, 0.15) is 5.82 Å². The molecule has 2 N–H and O–H groups in total. The molecule has 0 saturated heterocycles. The van der Waals surface area contributed by atoms with E-state index in [0.717, 1.165) is 12.8 Å². The van der Waals surface area contributed by atoms with Gasteiger partial charge in [-0.05, 0) is 47.7 Å². The Labute approximate surface area is 109 Å². The van der Waals surface area contributed by atoms with Crippen LogP contribution in [0.1, 0.15) is 31.4 Å². The molecule has 1 aromatic carbocycles. The average Bonchev–Trinajstić information content (AvgIpc) is 3.13. The summed E-state index contributed by atoms with van der Waals surface area (Å²) < 4.78 is 20.1. The van der Waals surface area contributed by atoms with Crippen LogP contribution in [0.3, 0.4) is 0 Å². The Morgan fingerprint density at radius 3 is 2.82 bits per heavy atom. The molecule has 4 heteroatoms. The SMILES string of the molecule is CCOC(C1CC1)C(N)c1cccc(Br)c1F. The Hall–Kier alpha value is -0.450. The molecule has 2 nitrogen and oxygen atoms in total. The monoisotopic (exact) mass is 301 g/mol. The number of ether oxygens (including phenoxy) is 1. The molecule has 0 spiro atoms. The fraction of sp³-hybridized carbons (Fsp3) is 0.538. The van der Waals surface area contributed by atoms with E-state index in [1.54, 1.807) is 18.2 Å². The Bertz CT molecular complexity index is 395. The minimum Gasteiger partial charge on any atom is -0.376 e. The van der Waals surface area contributed by atoms with Gasteiger partial charge in [0.05, 0.1) is 16.6 Å². The molecule has 2 atom stereocenters. The quantitative estimate of drug-likeness (QED) is 0.904. The van der Waals surface area contributed by atoms with Crippen LogP contribution in [0.2, 0.25) is 0 Å². The summed E-state index contributed by atoms with van der Waals surface area (Å²) >= 11 is 3.18. The molecule has 0 aromatic heterocycles. The van der Waals surface area contributed by atoms with Crippen LogP contribution in [-0.2, 0) is 4.74 Å². The Balaban J connectivity index is 2.21. The van der Waals surface area contributed by atoms with Gasteiger partial charge in [-0.1, -0.05) is 12.1 Å². The summed E-state index contributed by atoms with van der Waals surface area (Å²) in [6.45, 7) is 2.56. The van der Waals surface area contributed by atoms with Crippen molar-refractivity contribution in [2.24, 2.45) is 11.7 Å². The maximum atomic E-state index is 14.0. The molecule has 0 heterocycles. The van der Waals surface area contributed by atoms with Gasteiger partial charge >= 0.3 is 0 Å². The first kappa shape index (κ1) is 13.0. The molecule has 2 rings (SSSR count). The summed E-state index contributed by atoms with van der Waals surface area (Å²) in [5, 5.41) is 0. The van der Waals surface area contributed by atoms with Gasteiger partial charge in [0.25, 0.3) is 0 Å². The van der Waals surface area contributed by atoms with Crippen LogP contribution in [0.5, 0.6) is 0 Å². The number of benzene rings is 1. The Morgan fingerprint density at radius 2 is 2.24 bits per heavy atom. The number of hydrogen-bond acceptors (Lipinski definition) is 2. The van der Waals surface area contributed by atoms with E-state index < -0.39 is 0 Å². The standard InChI is InChI=1S/C13H17BrFNO/c1-2-17-13(8-6-7-8)12(16)9-4-3-5-10(14)11(9)15/h3-5,8,12-13H,2,6-7,16H2,1H3. The van der Waals surface area contributed by atoms with Crippen LogP contribution in [0, 0.1) is 11.7 Å². The predicted molar refractivity (Wildman–Crippen MR) is 69.2 cm³/mol. The largest absolute Gasteiger partial charge is 0.376 e. The van der Waals surface area contributed by atoms with Crippen LogP contribution in [0.4, 0.5) is 4.39 Å². The molecule has 17 heavy (non-hydrogen) atoms. The van der Waals surface area contributed by atoms with Crippen LogP contribution < -0.4 is 5.73 Å². The highest BCUT2D eigenvalue weighted by Gasteiger charge is 2.37. The van der Waals surface area contributed by atoms with Crippen molar-refractivity contribution in [3.8, 4) is 0 Å². The lowest BCUT2D eigenvalue weighted by Gasteiger charge is -2.24. The van der Waals surface area contributed by atoms with Gasteiger partial charge in [-0.15, -0.1) is 0 Å². The minimum atomic E-state index is -0.389. The van der Waals surface area contributed by atoms with Gasteiger partial charge in [-0.2, -0.15) is 0 Å². The topological polar surface area (TPSA) is 35.2 Å². The van der Waals surface area contributed by atoms with Gasteiger partial charge in [0, 0.05) is 12.2 Å². The van der Waals surface area contributed by atoms with Crippen molar-refractivity contribution in [1.82, 2.24) is 0 Å². The lowest BCUT2D eigenvalue weighted by atomic mass is 9.98. The van der Waals surface area contributed by atoms with Gasteiger partial charge in [-0.3, -0.25) is 0 Å². The molecule has 0 bridgehead atoms. The van der Waals surface area contributed by atoms with Crippen molar-refractivity contribution in [3.63, 3.8) is 0 Å². The molecule has 0 amide bonds. The number of halogens is 2. The summed E-state index contributed by atoms with van der Waals surface area (Å²) in [4.78, 5) is 0. The Morgan fingerprint density at radius 1 is 1.53 bits per heavy atom. The van der Waals surface area contributed by atoms with E-state index in [1.165, 1.54) is 0 Å². The third-order valence-corrected chi connectivity index (χ3v) is 3.75. The zero-order chi connectivity index (χ0) is 12.4. The Kier molecular flexibility index (Phi) is 4.17. The molecule has 1 saturated carbocycles. The molecule has 1 aromatic rings. The van der Waals surface area contributed by atoms with Crippen molar-refractivity contribution >= 4 is 15.9 Å². The van der Waals surface area contributed by atoms with Crippen molar-refractivity contribution in [2.75, 3.05) is 6.61 Å². The fourth-order valence-electron chi connectivity index (χ4n) is 2.11. The van der Waals surface area contributed by atoms with E-state index >= 15 is 0 Å². The minimum absolute atomic E-state index is 0.0659. The normalized spacial score (nSPS) is 19.1. The first-order valence-corrected chi connectivity index (χ1v) is 6.75. The van der Waals surface area contributed by atoms with E-state index in [2.05, 4.69) is 15.9 Å². The number of nitrogens with two attached hydrogens (primary N) is 1. The highest BCUT2D eigenvalue weighted by Crippen LogP contribution is 2.40. The number of rotatable bonds is 5. The van der Waals surface area contributed by atoms with Crippen molar-refractivity contribution in [1.29, 1.82) is 0 Å². The molecule has 0 radical (unpaired) electrons. The molecule has 1 aliphatic rings. The maximum Gasteiger partial charge on any atom is 0.142 e. The van der Waals surface area contributed by atoms with Crippen LogP contribution >= 0.6 is 15.9 Å². The molecule has 94 valence electrons. The van der Waals surface area contributed by atoms with E-state index in [9.17, 15) is 4.39 Å².